The Morgan fingerprint density at radius 1 is 1.03 bits per heavy atom. The third kappa shape index (κ3) is 7.99. The van der Waals surface area contributed by atoms with E-state index < -0.39 is 41.8 Å². The summed E-state index contributed by atoms with van der Waals surface area (Å²) in [5.41, 5.74) is -2.80. The number of carboxylic acids is 3. The molecule has 1 unspecified atom stereocenters. The molecule has 3 rings (SSSR count). The summed E-state index contributed by atoms with van der Waals surface area (Å²) in [7, 11) is 0. The highest BCUT2D eigenvalue weighted by Gasteiger charge is 2.53. The van der Waals surface area contributed by atoms with E-state index in [0.29, 0.717) is 5.56 Å². The summed E-state index contributed by atoms with van der Waals surface area (Å²) >= 11 is 0. The molecular formula is C25H35FN2O8. The van der Waals surface area contributed by atoms with Crippen LogP contribution in [0.4, 0.5) is 4.39 Å². The molecule has 0 radical (unpaired) electrons. The normalized spacial score (nSPS) is 17.8. The van der Waals surface area contributed by atoms with Gasteiger partial charge < -0.3 is 30.6 Å². The lowest BCUT2D eigenvalue weighted by Crippen LogP contribution is -2.48. The maximum Gasteiger partial charge on any atom is 0.336 e. The Hall–Kier alpha value is -3.05. The Bertz CT molecular complexity index is 928. The number of aliphatic hydroxyl groups is 1. The van der Waals surface area contributed by atoms with Crippen molar-refractivity contribution in [3.05, 3.63) is 35.6 Å². The SMILES string of the molecule is CCC(CN1CCCCC1)NC(=O)C1(c2ccccc2F)CC1.O=C(O)CC(O)(CC(=O)O)C(=O)O. The number of carboxylic acid groups (broad SMARTS) is 3. The summed E-state index contributed by atoms with van der Waals surface area (Å²) in [5.74, 6) is -5.27. The molecule has 0 spiro atoms. The van der Waals surface area contributed by atoms with Gasteiger partial charge in [-0.05, 0) is 51.3 Å². The first-order chi connectivity index (χ1) is 16.9. The Morgan fingerprint density at radius 3 is 2.03 bits per heavy atom. The minimum Gasteiger partial charge on any atom is -0.481 e. The van der Waals surface area contributed by atoms with Crippen LogP contribution in [0.25, 0.3) is 0 Å². The van der Waals surface area contributed by atoms with Crippen molar-refractivity contribution in [3.8, 4) is 0 Å². The summed E-state index contributed by atoms with van der Waals surface area (Å²) in [6.45, 7) is 5.28. The van der Waals surface area contributed by atoms with Crippen molar-refractivity contribution in [1.29, 1.82) is 0 Å². The number of nitrogens with zero attached hydrogens (tertiary/aromatic N) is 1. The van der Waals surface area contributed by atoms with Gasteiger partial charge in [0, 0.05) is 18.2 Å². The highest BCUT2D eigenvalue weighted by atomic mass is 19.1. The van der Waals surface area contributed by atoms with E-state index in [1.165, 1.54) is 25.3 Å². The summed E-state index contributed by atoms with van der Waals surface area (Å²) in [6, 6.07) is 6.86. The number of hydrogen-bond donors (Lipinski definition) is 5. The molecule has 200 valence electrons. The fraction of sp³-hybridized carbons (Fsp3) is 0.600. The molecule has 1 aromatic carbocycles. The topological polar surface area (TPSA) is 164 Å². The molecule has 10 nitrogen and oxygen atoms in total. The molecule has 0 aromatic heterocycles. The van der Waals surface area contributed by atoms with E-state index in [2.05, 4.69) is 17.1 Å². The van der Waals surface area contributed by atoms with Crippen LogP contribution in [0.3, 0.4) is 0 Å². The third-order valence-corrected chi connectivity index (χ3v) is 6.61. The molecule has 1 amide bonds. The Kier molecular flexibility index (Phi) is 10.4. The van der Waals surface area contributed by atoms with Gasteiger partial charge in [0.15, 0.2) is 5.60 Å². The predicted molar refractivity (Wildman–Crippen MR) is 127 cm³/mol. The second-order valence-electron chi connectivity index (χ2n) is 9.48. The number of benzene rings is 1. The van der Waals surface area contributed by atoms with Crippen LogP contribution < -0.4 is 5.32 Å². The first-order valence-electron chi connectivity index (χ1n) is 12.1. The van der Waals surface area contributed by atoms with E-state index >= 15 is 0 Å². The van der Waals surface area contributed by atoms with Crippen LogP contribution in [0, 0.1) is 5.82 Å². The van der Waals surface area contributed by atoms with Crippen LogP contribution in [-0.2, 0) is 24.6 Å². The lowest BCUT2D eigenvalue weighted by atomic mass is 9.94. The molecule has 5 N–H and O–H groups in total. The number of likely N-dealkylation sites (tertiary alicyclic amines) is 1. The number of hydrogen-bond acceptors (Lipinski definition) is 6. The zero-order valence-electron chi connectivity index (χ0n) is 20.4. The Balaban J connectivity index is 0.000000302. The Morgan fingerprint density at radius 2 is 1.58 bits per heavy atom. The minimum atomic E-state index is -2.74. The van der Waals surface area contributed by atoms with Crippen LogP contribution >= 0.6 is 0 Å². The minimum absolute atomic E-state index is 0.00598. The van der Waals surface area contributed by atoms with E-state index in [1.54, 1.807) is 12.1 Å². The number of aliphatic carboxylic acids is 3. The van der Waals surface area contributed by atoms with Gasteiger partial charge in [0.25, 0.3) is 0 Å². The van der Waals surface area contributed by atoms with Crippen molar-refractivity contribution in [3.63, 3.8) is 0 Å². The van der Waals surface area contributed by atoms with Crippen molar-refractivity contribution < 1.29 is 44.0 Å². The average molecular weight is 511 g/mol. The number of carbonyl (C=O) groups excluding carboxylic acids is 1. The maximum absolute atomic E-state index is 14.1. The highest BCUT2D eigenvalue weighted by molar-refractivity contribution is 5.91. The molecule has 1 aliphatic carbocycles. The van der Waals surface area contributed by atoms with Gasteiger partial charge in [-0.15, -0.1) is 0 Å². The zero-order chi connectivity index (χ0) is 26.9. The van der Waals surface area contributed by atoms with E-state index in [1.807, 2.05) is 6.07 Å². The van der Waals surface area contributed by atoms with Gasteiger partial charge in [0.05, 0.1) is 18.3 Å². The molecule has 1 heterocycles. The van der Waals surface area contributed by atoms with Gasteiger partial charge in [0.1, 0.15) is 5.82 Å². The van der Waals surface area contributed by atoms with E-state index in [4.69, 9.17) is 20.4 Å². The highest BCUT2D eigenvalue weighted by Crippen LogP contribution is 2.49. The van der Waals surface area contributed by atoms with E-state index in [-0.39, 0.29) is 17.8 Å². The molecule has 1 saturated carbocycles. The number of piperidine rings is 1. The monoisotopic (exact) mass is 510 g/mol. The summed E-state index contributed by atoms with van der Waals surface area (Å²) in [5, 5.41) is 37.0. The van der Waals surface area contributed by atoms with Crippen LogP contribution in [0.5, 0.6) is 0 Å². The van der Waals surface area contributed by atoms with Crippen molar-refractivity contribution in [2.45, 2.75) is 75.3 Å². The van der Waals surface area contributed by atoms with Crippen molar-refractivity contribution in [2.75, 3.05) is 19.6 Å². The molecule has 36 heavy (non-hydrogen) atoms. The summed E-state index contributed by atoms with van der Waals surface area (Å²) in [6.07, 6.45) is 3.95. The van der Waals surface area contributed by atoms with Crippen molar-refractivity contribution in [1.82, 2.24) is 10.2 Å². The molecule has 2 aliphatic rings. The zero-order valence-corrected chi connectivity index (χ0v) is 20.4. The second-order valence-corrected chi connectivity index (χ2v) is 9.48. The average Bonchev–Trinajstić information content (AvgIpc) is 3.61. The smallest absolute Gasteiger partial charge is 0.336 e. The Labute approximate surface area is 209 Å². The number of nitrogens with one attached hydrogen (secondary N) is 1. The van der Waals surface area contributed by atoms with Crippen LogP contribution in [-0.4, -0.2) is 80.4 Å². The van der Waals surface area contributed by atoms with Crippen LogP contribution in [0.15, 0.2) is 24.3 Å². The van der Waals surface area contributed by atoms with Gasteiger partial charge >= 0.3 is 17.9 Å². The molecule has 1 saturated heterocycles. The molecule has 1 aliphatic heterocycles. The largest absolute Gasteiger partial charge is 0.481 e. The van der Waals surface area contributed by atoms with Crippen molar-refractivity contribution >= 4 is 23.8 Å². The molecule has 1 aromatic rings. The van der Waals surface area contributed by atoms with E-state index in [0.717, 1.165) is 38.9 Å². The number of rotatable bonds is 11. The molecular weight excluding hydrogens is 475 g/mol. The van der Waals surface area contributed by atoms with Crippen LogP contribution in [0.1, 0.15) is 63.9 Å². The standard InChI is InChI=1S/C19H27FN2O.C6H8O7/c1-2-15(14-22-12-6-3-7-13-22)21-18(23)19(10-11-19)16-8-4-5-9-17(16)20;7-3(8)1-6(13,5(11)12)2-4(9)10/h4-5,8-9,15H,2-3,6-7,10-14H2,1H3,(H,21,23);13H,1-2H2,(H,7,8)(H,9,10)(H,11,12). The summed E-state index contributed by atoms with van der Waals surface area (Å²) in [4.78, 5) is 45.7. The quantitative estimate of drug-likeness (QED) is 0.299. The van der Waals surface area contributed by atoms with Gasteiger partial charge in [-0.3, -0.25) is 14.4 Å². The van der Waals surface area contributed by atoms with Crippen molar-refractivity contribution in [2.24, 2.45) is 0 Å². The lowest BCUT2D eigenvalue weighted by molar-refractivity contribution is -0.170. The van der Waals surface area contributed by atoms with Crippen LogP contribution in [0.2, 0.25) is 0 Å². The fourth-order valence-corrected chi connectivity index (χ4v) is 4.36. The van der Waals surface area contributed by atoms with Gasteiger partial charge in [-0.25, -0.2) is 9.18 Å². The maximum atomic E-state index is 14.1. The first kappa shape index (κ1) is 29.2. The summed E-state index contributed by atoms with van der Waals surface area (Å²) < 4.78 is 14.1. The molecule has 1 atom stereocenters. The number of carbonyl (C=O) groups is 4. The lowest BCUT2D eigenvalue weighted by Gasteiger charge is -2.31. The third-order valence-electron chi connectivity index (χ3n) is 6.61. The van der Waals surface area contributed by atoms with Gasteiger partial charge in [0.2, 0.25) is 5.91 Å². The van der Waals surface area contributed by atoms with Gasteiger partial charge in [-0.1, -0.05) is 31.5 Å². The molecule has 0 bridgehead atoms. The number of halogens is 1. The fourth-order valence-electron chi connectivity index (χ4n) is 4.36. The predicted octanol–water partition coefficient (Wildman–Crippen LogP) is 1.99. The molecule has 2 fully saturated rings. The van der Waals surface area contributed by atoms with E-state index in [9.17, 15) is 23.6 Å². The van der Waals surface area contributed by atoms with Gasteiger partial charge in [-0.2, -0.15) is 0 Å². The number of amides is 1. The second kappa shape index (κ2) is 12.8. The molecule has 11 heteroatoms. The first-order valence-corrected chi connectivity index (χ1v) is 12.1.